The number of amides is 1. The zero-order valence-corrected chi connectivity index (χ0v) is 14.8. The molecule has 0 radical (unpaired) electrons. The molecule has 1 heterocycles. The maximum atomic E-state index is 12.1. The van der Waals surface area contributed by atoms with Crippen LogP contribution in [0.15, 0.2) is 42.5 Å². The second-order valence-electron chi connectivity index (χ2n) is 5.74. The average molecular weight is 357 g/mol. The number of fused-ring (bicyclic) bond motifs is 1. The molecule has 0 aliphatic carbocycles. The summed E-state index contributed by atoms with van der Waals surface area (Å²) in [6.45, 7) is 4.02. The van der Waals surface area contributed by atoms with Gasteiger partial charge in [0, 0.05) is 18.2 Å². The van der Waals surface area contributed by atoms with Crippen LogP contribution in [0.2, 0.25) is 0 Å². The molecule has 3 rings (SSSR count). The molecular formula is C20H23NO5. The fourth-order valence-electron chi connectivity index (χ4n) is 2.60. The van der Waals surface area contributed by atoms with Gasteiger partial charge in [-0.25, -0.2) is 0 Å². The van der Waals surface area contributed by atoms with Gasteiger partial charge in [-0.05, 0) is 37.6 Å². The van der Waals surface area contributed by atoms with Crippen molar-refractivity contribution in [1.82, 2.24) is 0 Å². The topological polar surface area (TPSA) is 66.0 Å². The molecule has 1 aliphatic rings. The van der Waals surface area contributed by atoms with E-state index in [4.69, 9.17) is 18.9 Å². The van der Waals surface area contributed by atoms with Gasteiger partial charge in [-0.3, -0.25) is 4.79 Å². The molecule has 1 amide bonds. The molecule has 6 heteroatoms. The molecule has 138 valence electrons. The fraction of sp³-hybridized carbons (Fsp3) is 0.350. The Kier molecular flexibility index (Phi) is 6.19. The van der Waals surface area contributed by atoms with E-state index in [0.29, 0.717) is 62.2 Å². The van der Waals surface area contributed by atoms with Gasteiger partial charge < -0.3 is 24.3 Å². The van der Waals surface area contributed by atoms with E-state index in [-0.39, 0.29) is 5.91 Å². The highest BCUT2D eigenvalue weighted by atomic mass is 16.6. The zero-order valence-electron chi connectivity index (χ0n) is 14.8. The van der Waals surface area contributed by atoms with Gasteiger partial charge in [-0.15, -0.1) is 0 Å². The Morgan fingerprint density at radius 2 is 1.77 bits per heavy atom. The number of hydrogen-bond donors (Lipinski definition) is 1. The predicted octanol–water partition coefficient (Wildman–Crippen LogP) is 3.65. The van der Waals surface area contributed by atoms with Crippen molar-refractivity contribution in [2.75, 3.05) is 31.7 Å². The predicted molar refractivity (Wildman–Crippen MR) is 98.4 cm³/mol. The summed E-state index contributed by atoms with van der Waals surface area (Å²) in [4.78, 5) is 12.1. The Hall–Kier alpha value is -2.89. The molecule has 0 aromatic heterocycles. The largest absolute Gasteiger partial charge is 0.490 e. The summed E-state index contributed by atoms with van der Waals surface area (Å²) in [6, 6.07) is 12.9. The second kappa shape index (κ2) is 8.99. The van der Waals surface area contributed by atoms with E-state index < -0.39 is 0 Å². The van der Waals surface area contributed by atoms with Crippen LogP contribution in [0.3, 0.4) is 0 Å². The van der Waals surface area contributed by atoms with Crippen LogP contribution >= 0.6 is 0 Å². The number of para-hydroxylation sites is 2. The van der Waals surface area contributed by atoms with E-state index in [1.54, 1.807) is 18.2 Å². The van der Waals surface area contributed by atoms with Crippen LogP contribution in [-0.2, 0) is 4.79 Å². The molecule has 1 N–H and O–H groups in total. The van der Waals surface area contributed by atoms with Crippen molar-refractivity contribution in [2.45, 2.75) is 19.8 Å². The zero-order chi connectivity index (χ0) is 18.2. The number of hydrogen-bond acceptors (Lipinski definition) is 5. The molecule has 0 atom stereocenters. The number of anilines is 1. The maximum absolute atomic E-state index is 12.1. The van der Waals surface area contributed by atoms with Gasteiger partial charge in [-0.2, -0.15) is 0 Å². The Morgan fingerprint density at radius 3 is 2.54 bits per heavy atom. The third kappa shape index (κ3) is 4.81. The van der Waals surface area contributed by atoms with Crippen LogP contribution in [0.4, 0.5) is 5.69 Å². The second-order valence-corrected chi connectivity index (χ2v) is 5.74. The number of carbonyl (C=O) groups excluding carboxylic acids is 1. The summed E-state index contributed by atoms with van der Waals surface area (Å²) in [7, 11) is 0. The van der Waals surface area contributed by atoms with E-state index in [0.717, 1.165) is 5.75 Å². The van der Waals surface area contributed by atoms with Crippen molar-refractivity contribution in [1.29, 1.82) is 0 Å². The van der Waals surface area contributed by atoms with Crippen LogP contribution in [-0.4, -0.2) is 32.3 Å². The highest BCUT2D eigenvalue weighted by Crippen LogP contribution is 2.32. The lowest BCUT2D eigenvalue weighted by Crippen LogP contribution is -2.16. The minimum Gasteiger partial charge on any atom is -0.490 e. The van der Waals surface area contributed by atoms with Crippen molar-refractivity contribution in [3.8, 4) is 23.0 Å². The highest BCUT2D eigenvalue weighted by Gasteiger charge is 2.12. The van der Waals surface area contributed by atoms with Crippen molar-refractivity contribution < 1.29 is 23.7 Å². The van der Waals surface area contributed by atoms with E-state index in [1.165, 1.54) is 0 Å². The smallest absolute Gasteiger partial charge is 0.224 e. The average Bonchev–Trinajstić information content (AvgIpc) is 2.66. The molecule has 0 spiro atoms. The summed E-state index contributed by atoms with van der Waals surface area (Å²) >= 11 is 0. The van der Waals surface area contributed by atoms with Crippen molar-refractivity contribution in [2.24, 2.45) is 0 Å². The summed E-state index contributed by atoms with van der Waals surface area (Å²) in [5.74, 6) is 2.71. The molecule has 2 aromatic rings. The van der Waals surface area contributed by atoms with E-state index >= 15 is 0 Å². The van der Waals surface area contributed by atoms with Crippen molar-refractivity contribution in [3.63, 3.8) is 0 Å². The number of ether oxygens (including phenoxy) is 4. The monoisotopic (exact) mass is 357 g/mol. The van der Waals surface area contributed by atoms with Gasteiger partial charge in [-0.1, -0.05) is 12.1 Å². The van der Waals surface area contributed by atoms with Gasteiger partial charge in [0.25, 0.3) is 0 Å². The molecule has 1 aliphatic heterocycles. The van der Waals surface area contributed by atoms with Gasteiger partial charge in [0.1, 0.15) is 13.2 Å². The number of nitrogens with one attached hydrogen (secondary N) is 1. The summed E-state index contributed by atoms with van der Waals surface area (Å²) < 4.78 is 22.2. The van der Waals surface area contributed by atoms with Gasteiger partial charge in [0.2, 0.25) is 5.91 Å². The van der Waals surface area contributed by atoms with Crippen LogP contribution < -0.4 is 24.3 Å². The van der Waals surface area contributed by atoms with Crippen LogP contribution in [0.25, 0.3) is 0 Å². The Morgan fingerprint density at radius 1 is 1.04 bits per heavy atom. The van der Waals surface area contributed by atoms with E-state index in [2.05, 4.69) is 5.32 Å². The molecule has 0 unspecified atom stereocenters. The quantitative estimate of drug-likeness (QED) is 0.731. The Labute approximate surface area is 153 Å². The standard InChI is InChI=1S/C20H23NO5/c1-2-23-16-6-3-4-7-17(16)24-11-5-8-20(22)21-15-9-10-18-19(14-15)26-13-12-25-18/h3-4,6-7,9-10,14H,2,5,8,11-13H2,1H3,(H,21,22). The number of rotatable bonds is 8. The van der Waals surface area contributed by atoms with Crippen LogP contribution in [0, 0.1) is 0 Å². The molecule has 0 bridgehead atoms. The highest BCUT2D eigenvalue weighted by molar-refractivity contribution is 5.91. The molecule has 0 fully saturated rings. The van der Waals surface area contributed by atoms with E-state index in [9.17, 15) is 4.79 Å². The van der Waals surface area contributed by atoms with Gasteiger partial charge in [0.05, 0.1) is 13.2 Å². The maximum Gasteiger partial charge on any atom is 0.224 e. The van der Waals surface area contributed by atoms with Crippen LogP contribution in [0.5, 0.6) is 23.0 Å². The Balaban J connectivity index is 1.43. The third-order valence-electron chi connectivity index (χ3n) is 3.78. The van der Waals surface area contributed by atoms with E-state index in [1.807, 2.05) is 31.2 Å². The van der Waals surface area contributed by atoms with Crippen LogP contribution in [0.1, 0.15) is 19.8 Å². The Bertz CT molecular complexity index is 747. The minimum atomic E-state index is -0.0663. The first-order valence-electron chi connectivity index (χ1n) is 8.80. The normalized spacial score (nSPS) is 12.3. The first-order chi connectivity index (χ1) is 12.8. The molecular weight excluding hydrogens is 334 g/mol. The lowest BCUT2D eigenvalue weighted by atomic mass is 10.2. The van der Waals surface area contributed by atoms with Crippen molar-refractivity contribution >= 4 is 11.6 Å². The SMILES string of the molecule is CCOc1ccccc1OCCCC(=O)Nc1ccc2c(c1)OCCO2. The third-order valence-corrected chi connectivity index (χ3v) is 3.78. The molecule has 0 saturated heterocycles. The number of carbonyl (C=O) groups is 1. The molecule has 26 heavy (non-hydrogen) atoms. The summed E-state index contributed by atoms with van der Waals surface area (Å²) in [5, 5.41) is 2.87. The van der Waals surface area contributed by atoms with Gasteiger partial charge >= 0.3 is 0 Å². The minimum absolute atomic E-state index is 0.0663. The first kappa shape index (κ1) is 17.9. The lowest BCUT2D eigenvalue weighted by Gasteiger charge is -2.19. The van der Waals surface area contributed by atoms with Crippen molar-refractivity contribution in [3.05, 3.63) is 42.5 Å². The fourth-order valence-corrected chi connectivity index (χ4v) is 2.60. The first-order valence-corrected chi connectivity index (χ1v) is 8.80. The molecule has 6 nitrogen and oxygen atoms in total. The number of benzene rings is 2. The summed E-state index contributed by atoms with van der Waals surface area (Å²) in [5.41, 5.74) is 0.696. The van der Waals surface area contributed by atoms with Gasteiger partial charge in [0.15, 0.2) is 23.0 Å². The molecule has 2 aromatic carbocycles. The summed E-state index contributed by atoms with van der Waals surface area (Å²) in [6.07, 6.45) is 0.974. The molecule has 0 saturated carbocycles. The lowest BCUT2D eigenvalue weighted by molar-refractivity contribution is -0.116.